The number of methoxy groups -OCH3 is 2. The maximum absolute atomic E-state index is 14.2. The number of likely N-dealkylation sites (N-methyl/N-ethyl adjacent to an activating group) is 2. The highest BCUT2D eigenvalue weighted by Gasteiger charge is 2.45. The first-order valence-electron chi connectivity index (χ1n) is 19.4. The molecule has 12 heteroatoms. The number of carbonyl (C=O) groups excluding carboxylic acids is 3. The average Bonchev–Trinajstić information content (AvgIpc) is 3.59. The molecular formula is C40H72N5O7+. The van der Waals surface area contributed by atoms with Gasteiger partial charge in [0.05, 0.1) is 42.7 Å². The fourth-order valence-electron chi connectivity index (χ4n) is 8.01. The zero-order chi connectivity index (χ0) is 39.4. The van der Waals surface area contributed by atoms with Crippen LogP contribution in [0.3, 0.4) is 0 Å². The fraction of sp³-hybridized carbons (Fsp3) is 0.800. The first-order chi connectivity index (χ1) is 24.4. The predicted molar refractivity (Wildman–Crippen MR) is 206 cm³/mol. The summed E-state index contributed by atoms with van der Waals surface area (Å²) in [6.45, 7) is 16.2. The van der Waals surface area contributed by atoms with Gasteiger partial charge in [0.15, 0.2) is 6.04 Å². The van der Waals surface area contributed by atoms with Crippen LogP contribution in [0.15, 0.2) is 23.8 Å². The molecule has 0 radical (unpaired) electrons. The molecule has 0 aromatic heterocycles. The molecule has 298 valence electrons. The van der Waals surface area contributed by atoms with Gasteiger partial charge in [0.1, 0.15) is 18.7 Å². The van der Waals surface area contributed by atoms with Crippen molar-refractivity contribution in [1.82, 2.24) is 20.4 Å². The van der Waals surface area contributed by atoms with Crippen molar-refractivity contribution in [1.29, 1.82) is 0 Å². The van der Waals surface area contributed by atoms with E-state index in [-0.39, 0.29) is 59.9 Å². The summed E-state index contributed by atoms with van der Waals surface area (Å²) in [4.78, 5) is 44.7. The lowest BCUT2D eigenvalue weighted by molar-refractivity contribution is -0.564. The van der Waals surface area contributed by atoms with Gasteiger partial charge in [-0.25, -0.2) is 0 Å². The summed E-state index contributed by atoms with van der Waals surface area (Å²) in [5.41, 5.74) is 0.806. The van der Waals surface area contributed by atoms with Gasteiger partial charge in [-0.05, 0) is 57.2 Å². The summed E-state index contributed by atoms with van der Waals surface area (Å²) in [5, 5.41) is 28.7. The maximum Gasteiger partial charge on any atom is 0.336 e. The molecule has 1 saturated heterocycles. The van der Waals surface area contributed by atoms with Crippen LogP contribution in [0.5, 0.6) is 0 Å². The summed E-state index contributed by atoms with van der Waals surface area (Å²) < 4.78 is 13.9. The number of nitrogens with one attached hydrogen (secondary N) is 2. The standard InChI is InChI=1S/C40H71N5O7/c1-14-26(6)35(44(11)40(50)33(24(2)3)42-39(49)34(25(4)5)43(9)10)31(51-12)23-32(46)45-22-18-21-30(45)37(52-13)27(7)38(48)41-28(8)36(47)29-19-16-15-17-20-29/h16,19-20,24-28,30-31,33-37,47H,14-15,17-18,21-23H2,1-13H3,(H2,41,42,48,49)/p+1/t26-,27?,28?,30?,31?,33-,34?,35?,36?,37?/m0/s1. The molecule has 4 N–H and O–H groups in total. The zero-order valence-corrected chi connectivity index (χ0v) is 34.4. The van der Waals surface area contributed by atoms with Gasteiger partial charge in [-0.1, -0.05) is 73.1 Å². The minimum absolute atomic E-state index is 0.0161. The molecule has 52 heavy (non-hydrogen) atoms. The highest BCUT2D eigenvalue weighted by Crippen LogP contribution is 2.27. The molecule has 0 aromatic rings. The van der Waals surface area contributed by atoms with E-state index in [0.29, 0.717) is 6.54 Å². The van der Waals surface area contributed by atoms with Gasteiger partial charge in [0.25, 0.3) is 0 Å². The minimum atomic E-state index is -0.814. The lowest BCUT2D eigenvalue weighted by atomic mass is 9.89. The smallest absolute Gasteiger partial charge is 0.336 e. The molecule has 8 unspecified atom stereocenters. The number of nitrogens with zero attached hydrogens (tertiary/aromatic N) is 3. The molecule has 0 bridgehead atoms. The lowest BCUT2D eigenvalue weighted by Gasteiger charge is -2.40. The Kier molecular flexibility index (Phi) is 18.5. The summed E-state index contributed by atoms with van der Waals surface area (Å²) >= 11 is 0. The molecule has 10 atom stereocenters. The Morgan fingerprint density at radius 1 is 0.962 bits per heavy atom. The quantitative estimate of drug-likeness (QED) is 0.109. The summed E-state index contributed by atoms with van der Waals surface area (Å²) in [6, 6.07) is -2.27. The van der Waals surface area contributed by atoms with Gasteiger partial charge in [-0.15, -0.1) is 0 Å². The Balaban J connectivity index is 2.31. The second kappa shape index (κ2) is 21.2. The van der Waals surface area contributed by atoms with Crippen LogP contribution in [0, 0.1) is 23.7 Å². The van der Waals surface area contributed by atoms with Crippen molar-refractivity contribution < 1.29 is 38.6 Å². The van der Waals surface area contributed by atoms with Crippen LogP contribution in [-0.4, -0.2) is 139 Å². The van der Waals surface area contributed by atoms with E-state index in [2.05, 4.69) is 24.5 Å². The summed E-state index contributed by atoms with van der Waals surface area (Å²) in [6.07, 6.45) is 8.32. The third kappa shape index (κ3) is 11.6. The monoisotopic (exact) mass is 735 g/mol. The van der Waals surface area contributed by atoms with Gasteiger partial charge in [0.2, 0.25) is 17.7 Å². The minimum Gasteiger partial charge on any atom is -0.463 e. The number of amides is 3. The Labute approximate surface area is 314 Å². The molecule has 12 nitrogen and oxygen atoms in total. The molecule has 0 aromatic carbocycles. The van der Waals surface area contributed by atoms with Gasteiger partial charge < -0.3 is 35.2 Å². The van der Waals surface area contributed by atoms with Crippen molar-refractivity contribution in [2.45, 2.75) is 142 Å². The van der Waals surface area contributed by atoms with Crippen LogP contribution in [0.2, 0.25) is 0 Å². The van der Waals surface area contributed by atoms with Crippen molar-refractivity contribution in [3.05, 3.63) is 23.8 Å². The van der Waals surface area contributed by atoms with Gasteiger partial charge in [0, 0.05) is 34.1 Å². The molecular weight excluding hydrogens is 662 g/mol. The van der Waals surface area contributed by atoms with E-state index in [1.807, 2.05) is 76.4 Å². The van der Waals surface area contributed by atoms with Crippen LogP contribution in [0.1, 0.15) is 93.9 Å². The number of hydrogen-bond acceptors (Lipinski definition) is 7. The first kappa shape index (κ1) is 45.4. The van der Waals surface area contributed by atoms with Crippen LogP contribution in [0.25, 0.3) is 0 Å². The Morgan fingerprint density at radius 2 is 1.62 bits per heavy atom. The number of rotatable bonds is 20. The Hall–Kier alpha value is -2.80. The predicted octanol–water partition coefficient (Wildman–Crippen LogP) is 3.92. The largest absolute Gasteiger partial charge is 0.463 e. The van der Waals surface area contributed by atoms with E-state index < -0.39 is 42.4 Å². The van der Waals surface area contributed by atoms with Crippen molar-refractivity contribution in [3.8, 4) is 0 Å². The van der Waals surface area contributed by atoms with Crippen molar-refractivity contribution in [2.24, 2.45) is 23.7 Å². The maximum atomic E-state index is 14.2. The van der Waals surface area contributed by atoms with Gasteiger partial charge in [-0.2, -0.15) is 4.58 Å². The molecule has 2 rings (SSSR count). The Morgan fingerprint density at radius 3 is 2.12 bits per heavy atom. The highest BCUT2D eigenvalue weighted by molar-refractivity contribution is 5.90. The van der Waals surface area contributed by atoms with Gasteiger partial charge in [-0.3, -0.25) is 19.3 Å². The van der Waals surface area contributed by atoms with E-state index in [0.717, 1.165) is 37.7 Å². The molecule has 1 aliphatic heterocycles. The van der Waals surface area contributed by atoms with Crippen LogP contribution in [-0.2, 0) is 23.9 Å². The number of aliphatic hydroxyl groups excluding tert-OH is 2. The third-order valence-corrected chi connectivity index (χ3v) is 11.2. The number of carbonyl (C=O) groups is 3. The SMILES string of the molecule is CC[C@H](C)C(C(CC(O)=[N+]1CCCC1C(OC)C(C)C(=O)NC(C)C(O)C1=CCCC=C1)OC)N(C)C(=O)[C@@H](NC(=O)C(C(C)C)N(C)C)C(C)C. The number of aliphatic hydroxyl groups is 2. The van der Waals surface area contributed by atoms with Crippen LogP contribution >= 0.6 is 0 Å². The Bertz CT molecular complexity index is 1260. The topological polar surface area (TPSA) is 144 Å². The highest BCUT2D eigenvalue weighted by atomic mass is 16.5. The second-order valence-electron chi connectivity index (χ2n) is 15.9. The van der Waals surface area contributed by atoms with E-state index in [4.69, 9.17) is 9.47 Å². The first-order valence-corrected chi connectivity index (χ1v) is 19.4. The van der Waals surface area contributed by atoms with E-state index in [1.54, 1.807) is 33.1 Å². The normalized spacial score (nSPS) is 22.6. The molecule has 1 aliphatic carbocycles. The van der Waals surface area contributed by atoms with Crippen molar-refractivity contribution in [2.75, 3.05) is 41.9 Å². The number of hydrogen-bond donors (Lipinski definition) is 4. The molecule has 1 heterocycles. The van der Waals surface area contributed by atoms with Crippen molar-refractivity contribution >= 4 is 23.6 Å². The molecule has 3 amide bonds. The molecule has 0 spiro atoms. The lowest BCUT2D eigenvalue weighted by Crippen LogP contribution is -2.59. The summed E-state index contributed by atoms with van der Waals surface area (Å²) in [5.74, 6) is -1.14. The summed E-state index contributed by atoms with van der Waals surface area (Å²) in [7, 11) is 8.67. The second-order valence-corrected chi connectivity index (χ2v) is 15.9. The average molecular weight is 735 g/mol. The van der Waals surface area contributed by atoms with Crippen molar-refractivity contribution in [3.63, 3.8) is 0 Å². The van der Waals surface area contributed by atoms with Gasteiger partial charge >= 0.3 is 5.90 Å². The molecule has 1 fully saturated rings. The van der Waals surface area contributed by atoms with Crippen LogP contribution < -0.4 is 10.6 Å². The molecule has 2 aliphatic rings. The third-order valence-electron chi connectivity index (χ3n) is 11.2. The zero-order valence-electron chi connectivity index (χ0n) is 34.4. The van der Waals surface area contributed by atoms with E-state index >= 15 is 0 Å². The number of allylic oxidation sites excluding steroid dienone is 2. The van der Waals surface area contributed by atoms with Crippen LogP contribution in [0.4, 0.5) is 0 Å². The van der Waals surface area contributed by atoms with E-state index in [9.17, 15) is 24.6 Å². The van der Waals surface area contributed by atoms with E-state index in [1.165, 1.54) is 0 Å². The fourth-order valence-corrected chi connectivity index (χ4v) is 8.01. The molecule has 0 saturated carbocycles. The number of ether oxygens (including phenoxy) is 2.